The fourth-order valence-electron chi connectivity index (χ4n) is 3.45. The fraction of sp³-hybridized carbons (Fsp3) is 0.238. The minimum absolute atomic E-state index is 0.0998. The summed E-state index contributed by atoms with van der Waals surface area (Å²) in [6, 6.07) is 15.4. The topological polar surface area (TPSA) is 84.0 Å². The van der Waals surface area contributed by atoms with Crippen molar-refractivity contribution in [2.75, 3.05) is 16.3 Å². The molecule has 2 aromatic carbocycles. The smallest absolute Gasteiger partial charge is 0.316 e. The fourth-order valence-corrected chi connectivity index (χ4v) is 3.45. The summed E-state index contributed by atoms with van der Waals surface area (Å²) in [7, 11) is 0. The first-order valence-electron chi connectivity index (χ1n) is 9.06. The Labute approximate surface area is 161 Å². The predicted octanol–water partition coefficient (Wildman–Crippen LogP) is 2.30. The van der Waals surface area contributed by atoms with Gasteiger partial charge in [0.15, 0.2) is 0 Å². The maximum absolute atomic E-state index is 12.5. The molecule has 0 aromatic heterocycles. The van der Waals surface area contributed by atoms with Crippen molar-refractivity contribution in [2.24, 2.45) is 5.92 Å². The van der Waals surface area contributed by atoms with Crippen molar-refractivity contribution < 1.29 is 23.9 Å². The lowest BCUT2D eigenvalue weighted by Crippen LogP contribution is -2.28. The second kappa shape index (κ2) is 7.26. The van der Waals surface area contributed by atoms with E-state index in [-0.39, 0.29) is 43.5 Å². The number of esters is 1. The highest BCUT2D eigenvalue weighted by Gasteiger charge is 2.36. The normalized spacial score (nSPS) is 19.4. The Hall–Kier alpha value is -3.48. The first-order chi connectivity index (χ1) is 13.5. The van der Waals surface area contributed by atoms with Crippen LogP contribution in [0.4, 0.5) is 11.4 Å². The predicted molar refractivity (Wildman–Crippen MR) is 101 cm³/mol. The Kier molecular flexibility index (Phi) is 4.65. The second-order valence-electron chi connectivity index (χ2n) is 6.78. The summed E-state index contributed by atoms with van der Waals surface area (Å²) in [4.78, 5) is 51.0. The van der Waals surface area contributed by atoms with Crippen LogP contribution < -0.4 is 14.5 Å². The average Bonchev–Trinajstić information content (AvgIpc) is 3.25. The number of hydrogen-bond donors (Lipinski definition) is 0. The second-order valence-corrected chi connectivity index (χ2v) is 6.78. The summed E-state index contributed by atoms with van der Waals surface area (Å²) in [5.41, 5.74) is 1.21. The van der Waals surface area contributed by atoms with E-state index in [0.717, 1.165) is 10.6 Å². The number of ether oxygens (including phenoxy) is 1. The first-order valence-corrected chi connectivity index (χ1v) is 9.06. The number of carbonyl (C=O) groups excluding carboxylic acids is 4. The molecule has 1 atom stereocenters. The Balaban J connectivity index is 1.41. The quantitative estimate of drug-likeness (QED) is 0.463. The Morgan fingerprint density at radius 2 is 1.46 bits per heavy atom. The SMILES string of the molecule is O=C(Oc1ccc(N2C(=O)CCC2=O)cc1)[C@H]1CC(=O)N(c2ccccc2)C1. The minimum atomic E-state index is -0.547. The number of benzene rings is 2. The van der Waals surface area contributed by atoms with Crippen molar-refractivity contribution in [3.63, 3.8) is 0 Å². The van der Waals surface area contributed by atoms with Gasteiger partial charge < -0.3 is 9.64 Å². The molecule has 2 aromatic rings. The van der Waals surface area contributed by atoms with E-state index in [1.54, 1.807) is 17.0 Å². The molecule has 0 N–H and O–H groups in total. The van der Waals surface area contributed by atoms with Crippen LogP contribution in [-0.2, 0) is 19.2 Å². The summed E-state index contributed by atoms with van der Waals surface area (Å²) >= 11 is 0. The molecule has 2 saturated heterocycles. The molecule has 0 aliphatic carbocycles. The number of amides is 3. The van der Waals surface area contributed by atoms with Crippen LogP contribution in [0.25, 0.3) is 0 Å². The molecule has 2 heterocycles. The van der Waals surface area contributed by atoms with Crippen molar-refractivity contribution in [3.8, 4) is 5.75 Å². The zero-order valence-corrected chi connectivity index (χ0v) is 15.0. The number of nitrogens with zero attached hydrogens (tertiary/aromatic N) is 2. The highest BCUT2D eigenvalue weighted by molar-refractivity contribution is 6.19. The van der Waals surface area contributed by atoms with Gasteiger partial charge in [0.1, 0.15) is 5.75 Å². The van der Waals surface area contributed by atoms with Gasteiger partial charge in [0, 0.05) is 31.5 Å². The van der Waals surface area contributed by atoms with Gasteiger partial charge >= 0.3 is 5.97 Å². The van der Waals surface area contributed by atoms with E-state index in [9.17, 15) is 19.2 Å². The summed E-state index contributed by atoms with van der Waals surface area (Å²) in [6.45, 7) is 0.274. The van der Waals surface area contributed by atoms with Crippen molar-refractivity contribution in [3.05, 3.63) is 54.6 Å². The van der Waals surface area contributed by atoms with Crippen LogP contribution in [0.3, 0.4) is 0 Å². The largest absolute Gasteiger partial charge is 0.426 e. The van der Waals surface area contributed by atoms with Crippen LogP contribution in [-0.4, -0.2) is 30.2 Å². The maximum atomic E-state index is 12.5. The lowest BCUT2D eigenvalue weighted by Gasteiger charge is -2.16. The minimum Gasteiger partial charge on any atom is -0.426 e. The number of anilines is 2. The van der Waals surface area contributed by atoms with Gasteiger partial charge in [-0.15, -0.1) is 0 Å². The van der Waals surface area contributed by atoms with Crippen LogP contribution in [0.15, 0.2) is 54.6 Å². The van der Waals surface area contributed by atoms with Gasteiger partial charge in [0.25, 0.3) is 0 Å². The summed E-state index contributed by atoms with van der Waals surface area (Å²) in [5.74, 6) is -1.31. The molecule has 142 valence electrons. The first kappa shape index (κ1) is 17.9. The Morgan fingerprint density at radius 3 is 2.11 bits per heavy atom. The highest BCUT2D eigenvalue weighted by Crippen LogP contribution is 2.28. The number of imide groups is 1. The molecule has 0 bridgehead atoms. The summed E-state index contributed by atoms with van der Waals surface area (Å²) in [5, 5.41) is 0. The molecule has 0 spiro atoms. The van der Waals surface area contributed by atoms with Crippen molar-refractivity contribution in [1.29, 1.82) is 0 Å². The zero-order valence-electron chi connectivity index (χ0n) is 15.0. The summed E-state index contributed by atoms with van der Waals surface area (Å²) < 4.78 is 5.40. The Morgan fingerprint density at radius 1 is 0.821 bits per heavy atom. The molecule has 2 aliphatic heterocycles. The van der Waals surface area contributed by atoms with Gasteiger partial charge in [-0.1, -0.05) is 18.2 Å². The third-order valence-corrected chi connectivity index (χ3v) is 4.89. The van der Waals surface area contributed by atoms with Crippen LogP contribution >= 0.6 is 0 Å². The highest BCUT2D eigenvalue weighted by atomic mass is 16.5. The van der Waals surface area contributed by atoms with Crippen molar-refractivity contribution >= 4 is 35.1 Å². The van der Waals surface area contributed by atoms with Crippen molar-refractivity contribution in [1.82, 2.24) is 0 Å². The van der Waals surface area contributed by atoms with Gasteiger partial charge in [-0.05, 0) is 36.4 Å². The molecule has 0 radical (unpaired) electrons. The lowest BCUT2D eigenvalue weighted by molar-refractivity contribution is -0.139. The monoisotopic (exact) mass is 378 g/mol. The van der Waals surface area contributed by atoms with Crippen molar-refractivity contribution in [2.45, 2.75) is 19.3 Å². The van der Waals surface area contributed by atoms with E-state index in [0.29, 0.717) is 11.4 Å². The number of rotatable bonds is 4. The van der Waals surface area contributed by atoms with Crippen LogP contribution in [0, 0.1) is 5.92 Å². The third-order valence-electron chi connectivity index (χ3n) is 4.89. The molecule has 2 aliphatic rings. The van der Waals surface area contributed by atoms with Gasteiger partial charge in [0.05, 0.1) is 11.6 Å². The number of hydrogen-bond acceptors (Lipinski definition) is 5. The van der Waals surface area contributed by atoms with E-state index < -0.39 is 11.9 Å². The third kappa shape index (κ3) is 3.38. The van der Waals surface area contributed by atoms with E-state index >= 15 is 0 Å². The number of para-hydroxylation sites is 1. The molecule has 3 amide bonds. The molecular weight excluding hydrogens is 360 g/mol. The molecule has 7 nitrogen and oxygen atoms in total. The lowest BCUT2D eigenvalue weighted by atomic mass is 10.1. The molecule has 4 rings (SSSR count). The molecular formula is C21H18N2O5. The van der Waals surface area contributed by atoms with Crippen LogP contribution in [0.1, 0.15) is 19.3 Å². The maximum Gasteiger partial charge on any atom is 0.316 e. The molecule has 0 saturated carbocycles. The number of carbonyl (C=O) groups is 4. The molecule has 28 heavy (non-hydrogen) atoms. The molecule has 7 heteroatoms. The van der Waals surface area contributed by atoms with E-state index in [1.165, 1.54) is 12.1 Å². The molecule has 2 fully saturated rings. The van der Waals surface area contributed by atoms with E-state index in [1.807, 2.05) is 30.3 Å². The molecule has 0 unspecified atom stereocenters. The van der Waals surface area contributed by atoms with Gasteiger partial charge in [-0.25, -0.2) is 0 Å². The zero-order chi connectivity index (χ0) is 19.7. The average molecular weight is 378 g/mol. The van der Waals surface area contributed by atoms with Crippen LogP contribution in [0.2, 0.25) is 0 Å². The van der Waals surface area contributed by atoms with E-state index in [4.69, 9.17) is 4.74 Å². The van der Waals surface area contributed by atoms with Gasteiger partial charge in [0.2, 0.25) is 17.7 Å². The van der Waals surface area contributed by atoms with Gasteiger partial charge in [-0.2, -0.15) is 0 Å². The summed E-state index contributed by atoms with van der Waals surface area (Å²) in [6.07, 6.45) is 0.523. The standard InChI is InChI=1S/C21H18N2O5/c24-18-10-11-19(25)23(18)16-6-8-17(9-7-16)28-21(27)14-12-20(26)22(13-14)15-4-2-1-3-5-15/h1-9,14H,10-13H2/t14-/m0/s1. The Bertz CT molecular complexity index is 923. The van der Waals surface area contributed by atoms with Gasteiger partial charge in [-0.3, -0.25) is 24.1 Å². The van der Waals surface area contributed by atoms with Crippen LogP contribution in [0.5, 0.6) is 5.75 Å². The van der Waals surface area contributed by atoms with E-state index in [2.05, 4.69) is 0 Å².